The van der Waals surface area contributed by atoms with E-state index in [0.29, 0.717) is 12.0 Å². The summed E-state index contributed by atoms with van der Waals surface area (Å²) in [7, 11) is 0. The summed E-state index contributed by atoms with van der Waals surface area (Å²) in [6.07, 6.45) is 12.3. The van der Waals surface area contributed by atoms with Crippen LogP contribution in [0, 0.1) is 5.92 Å². The number of hydrogen-bond acceptors (Lipinski definition) is 3. The molecule has 0 spiro atoms. The normalized spacial score (nSPS) is 15.8. The lowest BCUT2D eigenvalue weighted by molar-refractivity contribution is 0.405. The largest absolute Gasteiger partial charge is 0.344 e. The van der Waals surface area contributed by atoms with Gasteiger partial charge in [-0.1, -0.05) is 25.8 Å². The number of nitrogens with zero attached hydrogens (tertiary/aromatic N) is 3. The van der Waals surface area contributed by atoms with Crippen molar-refractivity contribution in [2.75, 3.05) is 5.32 Å². The Balaban J connectivity index is 1.72. The molecule has 0 saturated heterocycles. The summed E-state index contributed by atoms with van der Waals surface area (Å²) in [5.74, 6) is 1.45. The Hall–Kier alpha value is -2.10. The number of hydrogen-bond donors (Lipinski definition) is 1. The second-order valence-corrected chi connectivity index (χ2v) is 6.72. The van der Waals surface area contributed by atoms with Crippen molar-refractivity contribution < 1.29 is 0 Å². The second kappa shape index (κ2) is 6.99. The van der Waals surface area contributed by atoms with Crippen LogP contribution in [-0.2, 0) is 0 Å². The number of allylic oxidation sites excluding steroid dienone is 1. The van der Waals surface area contributed by atoms with Crippen molar-refractivity contribution in [1.82, 2.24) is 14.8 Å². The third kappa shape index (κ3) is 3.81. The fraction of sp³-hybridized carbons (Fsp3) is 0.474. The van der Waals surface area contributed by atoms with E-state index in [4.69, 9.17) is 0 Å². The molecule has 0 bridgehead atoms. The molecule has 1 aliphatic rings. The zero-order valence-corrected chi connectivity index (χ0v) is 14.1. The van der Waals surface area contributed by atoms with Gasteiger partial charge in [0.25, 0.3) is 0 Å². The predicted molar refractivity (Wildman–Crippen MR) is 95.2 cm³/mol. The van der Waals surface area contributed by atoms with E-state index in [1.54, 1.807) is 0 Å². The molecule has 4 nitrogen and oxygen atoms in total. The average molecular weight is 310 g/mol. The Bertz CT molecular complexity index is 666. The highest BCUT2D eigenvalue weighted by Gasteiger charge is 2.17. The van der Waals surface area contributed by atoms with Crippen molar-refractivity contribution in [3.8, 4) is 11.1 Å². The summed E-state index contributed by atoms with van der Waals surface area (Å²) in [6, 6.07) is 4.47. The van der Waals surface area contributed by atoms with Crippen LogP contribution < -0.4 is 5.32 Å². The molecule has 1 aliphatic carbocycles. The van der Waals surface area contributed by atoms with Gasteiger partial charge in [-0.2, -0.15) is 5.10 Å². The van der Waals surface area contributed by atoms with Crippen LogP contribution >= 0.6 is 0 Å². The number of aromatic nitrogens is 3. The lowest BCUT2D eigenvalue weighted by Crippen LogP contribution is -2.14. The topological polar surface area (TPSA) is 42.7 Å². The molecular weight excluding hydrogens is 284 g/mol. The molecule has 2 aromatic rings. The van der Waals surface area contributed by atoms with Gasteiger partial charge in [0.15, 0.2) is 0 Å². The maximum Gasteiger partial charge on any atom is 0.130 e. The minimum atomic E-state index is 0.370. The molecule has 122 valence electrons. The van der Waals surface area contributed by atoms with E-state index in [9.17, 15) is 0 Å². The smallest absolute Gasteiger partial charge is 0.130 e. The van der Waals surface area contributed by atoms with Gasteiger partial charge in [0, 0.05) is 29.7 Å². The maximum atomic E-state index is 4.44. The predicted octanol–water partition coefficient (Wildman–Crippen LogP) is 5.03. The fourth-order valence-electron chi connectivity index (χ4n) is 3.17. The highest BCUT2D eigenvalue weighted by Crippen LogP contribution is 2.30. The quantitative estimate of drug-likeness (QED) is 0.842. The Labute approximate surface area is 138 Å². The molecule has 2 aromatic heterocycles. The molecule has 0 aromatic carbocycles. The Morgan fingerprint density at radius 1 is 1.26 bits per heavy atom. The summed E-state index contributed by atoms with van der Waals surface area (Å²) >= 11 is 0. The molecule has 3 rings (SSSR count). The first-order chi connectivity index (χ1) is 11.1. The first-order valence-corrected chi connectivity index (χ1v) is 8.60. The van der Waals surface area contributed by atoms with E-state index in [1.165, 1.54) is 32.1 Å². The third-order valence-electron chi connectivity index (χ3n) is 4.61. The van der Waals surface area contributed by atoms with Gasteiger partial charge in [0.2, 0.25) is 0 Å². The lowest BCUT2D eigenvalue weighted by Gasteiger charge is -2.24. The molecule has 23 heavy (non-hydrogen) atoms. The number of rotatable bonds is 5. The van der Waals surface area contributed by atoms with Crippen molar-refractivity contribution >= 4 is 5.82 Å². The molecule has 0 aliphatic heterocycles. The lowest BCUT2D eigenvalue weighted by atomic mass is 9.87. The van der Waals surface area contributed by atoms with E-state index in [1.807, 2.05) is 23.1 Å². The summed E-state index contributed by atoms with van der Waals surface area (Å²) in [4.78, 5) is 4.44. The molecular formula is C19H26N4. The zero-order valence-electron chi connectivity index (χ0n) is 14.1. The molecule has 1 saturated carbocycles. The van der Waals surface area contributed by atoms with Crippen LogP contribution in [0.5, 0.6) is 0 Å². The van der Waals surface area contributed by atoms with Gasteiger partial charge in [-0.05, 0) is 50.3 Å². The van der Waals surface area contributed by atoms with Crippen LogP contribution in [0.15, 0.2) is 43.0 Å². The van der Waals surface area contributed by atoms with Gasteiger partial charge in [0.05, 0.1) is 6.20 Å². The molecule has 0 amide bonds. The van der Waals surface area contributed by atoms with Gasteiger partial charge in [-0.15, -0.1) is 0 Å². The molecule has 0 atom stereocenters. The van der Waals surface area contributed by atoms with E-state index >= 15 is 0 Å². The molecule has 2 heterocycles. The van der Waals surface area contributed by atoms with E-state index in [0.717, 1.165) is 22.6 Å². The van der Waals surface area contributed by atoms with Gasteiger partial charge in [-0.25, -0.2) is 4.98 Å². The molecule has 1 N–H and O–H groups in total. The van der Waals surface area contributed by atoms with Crippen molar-refractivity contribution in [3.63, 3.8) is 0 Å². The van der Waals surface area contributed by atoms with Gasteiger partial charge >= 0.3 is 0 Å². The molecule has 0 unspecified atom stereocenters. The van der Waals surface area contributed by atoms with E-state index in [-0.39, 0.29) is 0 Å². The minimum Gasteiger partial charge on any atom is -0.344 e. The zero-order chi connectivity index (χ0) is 16.2. The van der Waals surface area contributed by atoms with Crippen LogP contribution in [0.2, 0.25) is 0 Å². The second-order valence-electron chi connectivity index (χ2n) is 6.72. The number of nitrogens with one attached hydrogen (secondary N) is 1. The van der Waals surface area contributed by atoms with Crippen LogP contribution in [0.1, 0.15) is 52.0 Å². The van der Waals surface area contributed by atoms with Gasteiger partial charge in [0.1, 0.15) is 5.82 Å². The SMILES string of the molecule is C=C(Nc1cc(-c2cnn(C(C)C)c2)ccn1)C1CCCCC1. The van der Waals surface area contributed by atoms with Crippen molar-refractivity contribution in [2.24, 2.45) is 5.92 Å². The molecule has 1 fully saturated rings. The fourth-order valence-corrected chi connectivity index (χ4v) is 3.17. The highest BCUT2D eigenvalue weighted by molar-refractivity contribution is 5.65. The van der Waals surface area contributed by atoms with Crippen molar-refractivity contribution in [1.29, 1.82) is 0 Å². The monoisotopic (exact) mass is 310 g/mol. The van der Waals surface area contributed by atoms with Crippen LogP contribution in [-0.4, -0.2) is 14.8 Å². The van der Waals surface area contributed by atoms with Crippen molar-refractivity contribution in [2.45, 2.75) is 52.0 Å². The van der Waals surface area contributed by atoms with Crippen LogP contribution in [0.25, 0.3) is 11.1 Å². The first-order valence-electron chi connectivity index (χ1n) is 8.60. The Morgan fingerprint density at radius 2 is 2.04 bits per heavy atom. The van der Waals surface area contributed by atoms with E-state index < -0.39 is 0 Å². The summed E-state index contributed by atoms with van der Waals surface area (Å²) < 4.78 is 1.98. The Kier molecular flexibility index (Phi) is 4.79. The third-order valence-corrected chi connectivity index (χ3v) is 4.61. The number of anilines is 1. The summed E-state index contributed by atoms with van der Waals surface area (Å²) in [6.45, 7) is 8.49. The van der Waals surface area contributed by atoms with Gasteiger partial charge < -0.3 is 5.32 Å². The standard InChI is InChI=1S/C19H26N4/c1-14(2)23-13-18(12-21-23)17-9-10-20-19(11-17)22-15(3)16-7-5-4-6-8-16/h9-14,16H,3-8H2,1-2H3,(H,20,22). The Morgan fingerprint density at radius 3 is 2.74 bits per heavy atom. The van der Waals surface area contributed by atoms with Crippen LogP contribution in [0.3, 0.4) is 0 Å². The van der Waals surface area contributed by atoms with Gasteiger partial charge in [-0.3, -0.25) is 4.68 Å². The summed E-state index contributed by atoms with van der Waals surface area (Å²) in [5.41, 5.74) is 3.35. The van der Waals surface area contributed by atoms with E-state index in [2.05, 4.69) is 48.1 Å². The average Bonchev–Trinajstić information content (AvgIpc) is 3.06. The van der Waals surface area contributed by atoms with Crippen LogP contribution in [0.4, 0.5) is 5.82 Å². The maximum absolute atomic E-state index is 4.44. The highest BCUT2D eigenvalue weighted by atomic mass is 15.3. The first kappa shape index (κ1) is 15.8. The molecule has 0 radical (unpaired) electrons. The molecule has 4 heteroatoms. The summed E-state index contributed by atoms with van der Waals surface area (Å²) in [5, 5.41) is 7.83. The van der Waals surface area contributed by atoms with Crippen molar-refractivity contribution in [3.05, 3.63) is 43.0 Å². The minimum absolute atomic E-state index is 0.370. The number of pyridine rings is 1.